The maximum absolute atomic E-state index is 5.87. The lowest BCUT2D eigenvalue weighted by Gasteiger charge is -2.21. The van der Waals surface area contributed by atoms with Crippen LogP contribution < -0.4 is 11.1 Å². The van der Waals surface area contributed by atoms with E-state index in [1.165, 1.54) is 57.8 Å². The van der Waals surface area contributed by atoms with Crippen molar-refractivity contribution in [1.29, 1.82) is 0 Å². The highest BCUT2D eigenvalue weighted by Crippen LogP contribution is 2.23. The molecule has 2 saturated carbocycles. The van der Waals surface area contributed by atoms with Gasteiger partial charge in [-0.2, -0.15) is 0 Å². The molecule has 0 heterocycles. The first-order valence-electron chi connectivity index (χ1n) is 6.44. The minimum absolute atomic E-state index is 0.533. The van der Waals surface area contributed by atoms with Crippen LogP contribution in [0.25, 0.3) is 0 Å². The van der Waals surface area contributed by atoms with Gasteiger partial charge in [0.25, 0.3) is 0 Å². The van der Waals surface area contributed by atoms with E-state index in [0.717, 1.165) is 0 Å². The van der Waals surface area contributed by atoms with Crippen molar-refractivity contribution in [3.8, 4) is 0 Å². The third kappa shape index (κ3) is 4.10. The summed E-state index contributed by atoms with van der Waals surface area (Å²) in [5.41, 5.74) is 5.87. The summed E-state index contributed by atoms with van der Waals surface area (Å²) in [5.74, 6) is 0.683. The van der Waals surface area contributed by atoms with E-state index in [1.807, 2.05) is 0 Å². The maximum atomic E-state index is 5.87. The normalized spacial score (nSPS) is 25.7. The standard InChI is InChI=1S/C12H23N3/c13-12(15-11-8-9-11)14-10-6-4-2-1-3-5-7-10/h10-11H,1-9H2,(H3,13,14,15). The Morgan fingerprint density at radius 2 is 1.53 bits per heavy atom. The van der Waals surface area contributed by atoms with Crippen molar-refractivity contribution in [2.24, 2.45) is 10.7 Å². The highest BCUT2D eigenvalue weighted by Gasteiger charge is 2.21. The molecule has 3 heteroatoms. The van der Waals surface area contributed by atoms with Crippen molar-refractivity contribution in [2.45, 2.75) is 69.9 Å². The number of guanidine groups is 1. The molecule has 0 aromatic rings. The maximum Gasteiger partial charge on any atom is 0.189 e. The zero-order valence-electron chi connectivity index (χ0n) is 9.54. The zero-order valence-corrected chi connectivity index (χ0v) is 9.54. The molecule has 0 unspecified atom stereocenters. The van der Waals surface area contributed by atoms with E-state index in [0.29, 0.717) is 18.0 Å². The lowest BCUT2D eigenvalue weighted by atomic mass is 9.97. The van der Waals surface area contributed by atoms with E-state index >= 15 is 0 Å². The van der Waals surface area contributed by atoms with E-state index < -0.39 is 0 Å². The van der Waals surface area contributed by atoms with Crippen molar-refractivity contribution in [3.05, 3.63) is 0 Å². The van der Waals surface area contributed by atoms with Gasteiger partial charge in [-0.1, -0.05) is 32.1 Å². The first-order valence-corrected chi connectivity index (χ1v) is 6.44. The van der Waals surface area contributed by atoms with Gasteiger partial charge in [0.1, 0.15) is 0 Å². The first kappa shape index (κ1) is 10.8. The van der Waals surface area contributed by atoms with E-state index in [-0.39, 0.29) is 0 Å². The van der Waals surface area contributed by atoms with Crippen LogP contribution in [-0.2, 0) is 0 Å². The summed E-state index contributed by atoms with van der Waals surface area (Å²) >= 11 is 0. The minimum atomic E-state index is 0.533. The van der Waals surface area contributed by atoms with E-state index in [9.17, 15) is 0 Å². The van der Waals surface area contributed by atoms with Crippen LogP contribution in [-0.4, -0.2) is 18.0 Å². The number of hydrogen-bond acceptors (Lipinski definition) is 1. The van der Waals surface area contributed by atoms with Crippen LogP contribution in [0.5, 0.6) is 0 Å². The fourth-order valence-electron chi connectivity index (χ4n) is 2.25. The molecule has 2 aliphatic carbocycles. The zero-order chi connectivity index (χ0) is 10.5. The quantitative estimate of drug-likeness (QED) is 0.541. The van der Waals surface area contributed by atoms with Gasteiger partial charge in [-0.05, 0) is 25.7 Å². The smallest absolute Gasteiger partial charge is 0.189 e. The summed E-state index contributed by atoms with van der Waals surface area (Å²) in [4.78, 5) is 4.42. The summed E-state index contributed by atoms with van der Waals surface area (Å²) in [5, 5.41) is 3.39. The average molecular weight is 209 g/mol. The first-order chi connectivity index (χ1) is 7.34. The highest BCUT2D eigenvalue weighted by atomic mass is 15.1. The Labute approximate surface area is 92.5 Å². The van der Waals surface area contributed by atoms with E-state index in [2.05, 4.69) is 10.3 Å². The summed E-state index contributed by atoms with van der Waals surface area (Å²) < 4.78 is 0. The summed E-state index contributed by atoms with van der Waals surface area (Å²) in [6.45, 7) is 0. The van der Waals surface area contributed by atoms with E-state index in [1.54, 1.807) is 0 Å². The van der Waals surface area contributed by atoms with Gasteiger partial charge in [-0.3, -0.25) is 4.99 Å². The van der Waals surface area contributed by atoms with Gasteiger partial charge < -0.3 is 11.1 Å². The fraction of sp³-hybridized carbons (Fsp3) is 0.917. The van der Waals surface area contributed by atoms with Gasteiger partial charge in [0.05, 0.1) is 6.04 Å². The van der Waals surface area contributed by atoms with Crippen LogP contribution in [0, 0.1) is 0 Å². The molecule has 2 rings (SSSR count). The fourth-order valence-corrected chi connectivity index (χ4v) is 2.25. The average Bonchev–Trinajstić information content (AvgIpc) is 2.93. The molecule has 2 aliphatic rings. The predicted molar refractivity (Wildman–Crippen MR) is 63.9 cm³/mol. The van der Waals surface area contributed by atoms with Crippen LogP contribution in [0.3, 0.4) is 0 Å². The molecule has 0 radical (unpaired) electrons. The highest BCUT2D eigenvalue weighted by molar-refractivity contribution is 5.78. The van der Waals surface area contributed by atoms with Crippen LogP contribution in [0.15, 0.2) is 4.99 Å². The molecule has 86 valence electrons. The summed E-state index contributed by atoms with van der Waals surface area (Å²) in [6.07, 6.45) is 11.9. The Hall–Kier alpha value is -0.730. The second kappa shape index (κ2) is 5.38. The molecule has 0 aromatic carbocycles. The molecule has 0 atom stereocenters. The Kier molecular flexibility index (Phi) is 3.87. The minimum Gasteiger partial charge on any atom is -0.370 e. The molecule has 0 bridgehead atoms. The molecule has 15 heavy (non-hydrogen) atoms. The molecule has 0 aliphatic heterocycles. The molecule has 0 amide bonds. The van der Waals surface area contributed by atoms with Gasteiger partial charge >= 0.3 is 0 Å². The largest absolute Gasteiger partial charge is 0.370 e. The second-order valence-corrected chi connectivity index (χ2v) is 4.93. The Bertz CT molecular complexity index is 213. The van der Waals surface area contributed by atoms with Gasteiger partial charge in [-0.15, -0.1) is 0 Å². The number of nitrogens with one attached hydrogen (secondary N) is 1. The number of aliphatic imine (C=N–C) groups is 1. The van der Waals surface area contributed by atoms with Crippen LogP contribution in [0.1, 0.15) is 57.8 Å². The Balaban J connectivity index is 1.75. The molecule has 2 fully saturated rings. The summed E-state index contributed by atoms with van der Waals surface area (Å²) in [6, 6.07) is 1.11. The molecular formula is C12H23N3. The van der Waals surface area contributed by atoms with Crippen LogP contribution in [0.2, 0.25) is 0 Å². The van der Waals surface area contributed by atoms with Crippen LogP contribution in [0.4, 0.5) is 0 Å². The molecule has 0 spiro atoms. The Morgan fingerprint density at radius 1 is 0.933 bits per heavy atom. The molecule has 0 saturated heterocycles. The predicted octanol–water partition coefficient (Wildman–Crippen LogP) is 2.17. The number of nitrogens with zero attached hydrogens (tertiary/aromatic N) is 1. The van der Waals surface area contributed by atoms with Crippen LogP contribution >= 0.6 is 0 Å². The van der Waals surface area contributed by atoms with Crippen molar-refractivity contribution >= 4 is 5.96 Å². The van der Waals surface area contributed by atoms with Gasteiger partial charge in [-0.25, -0.2) is 0 Å². The Morgan fingerprint density at radius 3 is 2.13 bits per heavy atom. The van der Waals surface area contributed by atoms with Crippen molar-refractivity contribution in [2.75, 3.05) is 0 Å². The van der Waals surface area contributed by atoms with Gasteiger partial charge in [0, 0.05) is 6.04 Å². The third-order valence-corrected chi connectivity index (χ3v) is 3.33. The monoisotopic (exact) mass is 209 g/mol. The molecule has 3 N–H and O–H groups in total. The number of rotatable bonds is 2. The lowest BCUT2D eigenvalue weighted by Crippen LogP contribution is -2.40. The van der Waals surface area contributed by atoms with Gasteiger partial charge in [0.15, 0.2) is 5.96 Å². The SMILES string of the molecule is NC(=NC1CC1)NC1CCCCCCC1. The molecular weight excluding hydrogens is 186 g/mol. The van der Waals surface area contributed by atoms with Crippen molar-refractivity contribution in [1.82, 2.24) is 5.32 Å². The van der Waals surface area contributed by atoms with Crippen molar-refractivity contribution in [3.63, 3.8) is 0 Å². The van der Waals surface area contributed by atoms with E-state index in [4.69, 9.17) is 5.73 Å². The lowest BCUT2D eigenvalue weighted by molar-refractivity contribution is 0.427. The van der Waals surface area contributed by atoms with Crippen molar-refractivity contribution < 1.29 is 0 Å². The summed E-state index contributed by atoms with van der Waals surface area (Å²) in [7, 11) is 0. The van der Waals surface area contributed by atoms with Gasteiger partial charge in [0.2, 0.25) is 0 Å². The number of nitrogens with two attached hydrogens (primary N) is 1. The third-order valence-electron chi connectivity index (χ3n) is 3.33. The molecule has 3 nitrogen and oxygen atoms in total. The number of hydrogen-bond donors (Lipinski definition) is 2. The molecule has 0 aromatic heterocycles. The second-order valence-electron chi connectivity index (χ2n) is 4.93. The topological polar surface area (TPSA) is 50.4 Å².